The van der Waals surface area contributed by atoms with Gasteiger partial charge >= 0.3 is 0 Å². The molecule has 2 aromatic rings. The minimum Gasteiger partial charge on any atom is -0.361 e. The third-order valence-electron chi connectivity index (χ3n) is 3.79. The van der Waals surface area contributed by atoms with Crippen molar-refractivity contribution in [1.82, 2.24) is 20.0 Å². The van der Waals surface area contributed by atoms with E-state index in [4.69, 9.17) is 12.2 Å². The van der Waals surface area contributed by atoms with Crippen LogP contribution in [0.1, 0.15) is 19.4 Å². The minimum absolute atomic E-state index is 0.226. The molecule has 0 aliphatic rings. The second-order valence-corrected chi connectivity index (χ2v) is 5.83. The van der Waals surface area contributed by atoms with Gasteiger partial charge in [0.15, 0.2) is 5.11 Å². The molecular weight excluding hydrogens is 325 g/mol. The Morgan fingerprint density at radius 2 is 2.04 bits per heavy atom. The lowest BCUT2D eigenvalue weighted by Gasteiger charge is -2.18. The van der Waals surface area contributed by atoms with Crippen LogP contribution in [0.15, 0.2) is 36.7 Å². The Bertz CT molecular complexity index is 654. The Morgan fingerprint density at radius 1 is 1.29 bits per heavy atom. The Labute approximate surface area is 147 Å². The first kappa shape index (κ1) is 18.4. The van der Waals surface area contributed by atoms with Crippen molar-refractivity contribution in [3.8, 4) is 0 Å². The summed E-state index contributed by atoms with van der Waals surface area (Å²) in [6.07, 6.45) is 3.49. The number of likely N-dealkylation sites (N-methyl/N-ethyl adjacent to an activating group) is 1. The van der Waals surface area contributed by atoms with E-state index in [-0.39, 0.29) is 5.82 Å². The second kappa shape index (κ2) is 9.34. The molecule has 1 heterocycles. The maximum absolute atomic E-state index is 13.7. The lowest BCUT2D eigenvalue weighted by atomic mass is 10.2. The van der Waals surface area contributed by atoms with E-state index in [2.05, 4.69) is 34.5 Å². The average molecular weight is 349 g/mol. The van der Waals surface area contributed by atoms with Gasteiger partial charge in [-0.05, 0) is 31.4 Å². The third-order valence-corrected chi connectivity index (χ3v) is 4.04. The van der Waals surface area contributed by atoms with E-state index in [1.54, 1.807) is 23.0 Å². The van der Waals surface area contributed by atoms with Crippen LogP contribution in [-0.2, 0) is 6.54 Å². The molecule has 0 aliphatic carbocycles. The SMILES string of the molecule is CCN(CC)CCNC(=S)Nc1cnn(Cc2ccccc2F)c1. The van der Waals surface area contributed by atoms with Crippen LogP contribution < -0.4 is 10.6 Å². The van der Waals surface area contributed by atoms with Crippen molar-refractivity contribution in [1.29, 1.82) is 0 Å². The number of thiocarbonyl (C=S) groups is 1. The van der Waals surface area contributed by atoms with Crippen LogP contribution in [-0.4, -0.2) is 46.0 Å². The number of benzene rings is 1. The van der Waals surface area contributed by atoms with E-state index >= 15 is 0 Å². The summed E-state index contributed by atoms with van der Waals surface area (Å²) in [6.45, 7) is 8.46. The standard InChI is InChI=1S/C17H24FN5S/c1-3-22(4-2)10-9-19-17(24)21-15-11-20-23(13-15)12-14-7-5-6-8-16(14)18/h5-8,11,13H,3-4,9-10,12H2,1-2H3,(H2,19,21,24). The van der Waals surface area contributed by atoms with Crippen LogP contribution in [0, 0.1) is 5.82 Å². The van der Waals surface area contributed by atoms with E-state index in [9.17, 15) is 4.39 Å². The van der Waals surface area contributed by atoms with Crippen LogP contribution in [0.5, 0.6) is 0 Å². The predicted octanol–water partition coefficient (Wildman–Crippen LogP) is 2.70. The summed E-state index contributed by atoms with van der Waals surface area (Å²) in [4.78, 5) is 2.32. The molecule has 1 aromatic carbocycles. The largest absolute Gasteiger partial charge is 0.361 e. The van der Waals surface area contributed by atoms with E-state index in [0.29, 0.717) is 17.2 Å². The molecule has 0 saturated carbocycles. The number of anilines is 1. The fourth-order valence-electron chi connectivity index (χ4n) is 2.36. The van der Waals surface area contributed by atoms with Gasteiger partial charge in [0.1, 0.15) is 5.82 Å². The van der Waals surface area contributed by atoms with Gasteiger partial charge in [0.2, 0.25) is 0 Å². The third kappa shape index (κ3) is 5.58. The van der Waals surface area contributed by atoms with Gasteiger partial charge in [0.25, 0.3) is 0 Å². The van der Waals surface area contributed by atoms with Crippen molar-refractivity contribution in [3.05, 3.63) is 48.0 Å². The summed E-state index contributed by atoms with van der Waals surface area (Å²) in [6, 6.07) is 6.70. The lowest BCUT2D eigenvalue weighted by Crippen LogP contribution is -2.36. The summed E-state index contributed by atoms with van der Waals surface area (Å²) >= 11 is 5.28. The molecule has 0 fully saturated rings. The summed E-state index contributed by atoms with van der Waals surface area (Å²) < 4.78 is 15.3. The van der Waals surface area contributed by atoms with E-state index in [0.717, 1.165) is 31.9 Å². The molecule has 0 atom stereocenters. The van der Waals surface area contributed by atoms with Crippen molar-refractivity contribution in [2.24, 2.45) is 0 Å². The van der Waals surface area contributed by atoms with Crippen LogP contribution >= 0.6 is 12.2 Å². The molecule has 24 heavy (non-hydrogen) atoms. The van der Waals surface area contributed by atoms with Crippen LogP contribution in [0.4, 0.5) is 10.1 Å². The van der Waals surface area contributed by atoms with Gasteiger partial charge in [-0.15, -0.1) is 0 Å². The van der Waals surface area contributed by atoms with Crippen LogP contribution in [0.2, 0.25) is 0 Å². The monoisotopic (exact) mass is 349 g/mol. The zero-order chi connectivity index (χ0) is 17.4. The Balaban J connectivity index is 1.81. The van der Waals surface area contributed by atoms with Gasteiger partial charge in [-0.25, -0.2) is 4.39 Å². The van der Waals surface area contributed by atoms with Gasteiger partial charge < -0.3 is 15.5 Å². The number of halogens is 1. The predicted molar refractivity (Wildman–Crippen MR) is 99.7 cm³/mol. The smallest absolute Gasteiger partial charge is 0.170 e. The molecule has 0 saturated heterocycles. The van der Waals surface area contributed by atoms with Gasteiger partial charge in [-0.2, -0.15) is 5.10 Å². The molecule has 0 spiro atoms. The normalized spacial score (nSPS) is 10.8. The summed E-state index contributed by atoms with van der Waals surface area (Å²) in [5.74, 6) is -0.226. The number of rotatable bonds is 8. The number of nitrogens with one attached hydrogen (secondary N) is 2. The molecule has 7 heteroatoms. The van der Waals surface area contributed by atoms with Gasteiger partial charge in [-0.3, -0.25) is 4.68 Å². The van der Waals surface area contributed by atoms with E-state index in [1.165, 1.54) is 6.07 Å². The summed E-state index contributed by atoms with van der Waals surface area (Å²) in [7, 11) is 0. The Morgan fingerprint density at radius 3 is 2.75 bits per heavy atom. The molecule has 0 aliphatic heterocycles. The average Bonchev–Trinajstić information content (AvgIpc) is 3.01. The number of hydrogen-bond donors (Lipinski definition) is 2. The minimum atomic E-state index is -0.226. The van der Waals surface area contributed by atoms with Gasteiger partial charge in [-0.1, -0.05) is 32.0 Å². The zero-order valence-electron chi connectivity index (χ0n) is 14.1. The molecule has 0 unspecified atom stereocenters. The highest BCUT2D eigenvalue weighted by Gasteiger charge is 2.05. The highest BCUT2D eigenvalue weighted by atomic mass is 32.1. The van der Waals surface area contributed by atoms with Crippen molar-refractivity contribution >= 4 is 23.0 Å². The number of aromatic nitrogens is 2. The van der Waals surface area contributed by atoms with E-state index in [1.807, 2.05) is 12.3 Å². The number of hydrogen-bond acceptors (Lipinski definition) is 3. The first-order chi connectivity index (χ1) is 11.6. The molecule has 130 valence electrons. The zero-order valence-corrected chi connectivity index (χ0v) is 14.9. The van der Waals surface area contributed by atoms with Gasteiger partial charge in [0, 0.05) is 24.8 Å². The molecule has 5 nitrogen and oxygen atoms in total. The first-order valence-electron chi connectivity index (χ1n) is 8.15. The first-order valence-corrected chi connectivity index (χ1v) is 8.56. The molecule has 0 bridgehead atoms. The maximum atomic E-state index is 13.7. The highest BCUT2D eigenvalue weighted by molar-refractivity contribution is 7.80. The van der Waals surface area contributed by atoms with Gasteiger partial charge in [0.05, 0.1) is 18.4 Å². The fraction of sp³-hybridized carbons (Fsp3) is 0.412. The summed E-state index contributed by atoms with van der Waals surface area (Å²) in [5, 5.41) is 11.1. The van der Waals surface area contributed by atoms with Crippen molar-refractivity contribution < 1.29 is 4.39 Å². The fourth-order valence-corrected chi connectivity index (χ4v) is 2.58. The lowest BCUT2D eigenvalue weighted by molar-refractivity contribution is 0.308. The topological polar surface area (TPSA) is 45.1 Å². The maximum Gasteiger partial charge on any atom is 0.170 e. The molecule has 2 rings (SSSR count). The molecule has 0 amide bonds. The highest BCUT2D eigenvalue weighted by Crippen LogP contribution is 2.10. The quantitative estimate of drug-likeness (QED) is 0.718. The van der Waals surface area contributed by atoms with E-state index < -0.39 is 0 Å². The van der Waals surface area contributed by atoms with Crippen LogP contribution in [0.3, 0.4) is 0 Å². The van der Waals surface area contributed by atoms with Crippen molar-refractivity contribution in [3.63, 3.8) is 0 Å². The van der Waals surface area contributed by atoms with Crippen molar-refractivity contribution in [2.45, 2.75) is 20.4 Å². The molecule has 2 N–H and O–H groups in total. The van der Waals surface area contributed by atoms with Crippen molar-refractivity contribution in [2.75, 3.05) is 31.5 Å². The molecule has 0 radical (unpaired) electrons. The molecular formula is C17H24FN5S. The molecule has 1 aromatic heterocycles. The Kier molecular flexibility index (Phi) is 7.14. The second-order valence-electron chi connectivity index (χ2n) is 5.43. The number of nitrogens with zero attached hydrogens (tertiary/aromatic N) is 3. The summed E-state index contributed by atoms with van der Waals surface area (Å²) in [5.41, 5.74) is 1.39. The van der Waals surface area contributed by atoms with Crippen LogP contribution in [0.25, 0.3) is 0 Å². The Hall–Kier alpha value is -1.99.